The van der Waals surface area contributed by atoms with Crippen LogP contribution < -0.4 is 54.2 Å². The Morgan fingerprint density at radius 2 is 1.44 bits per heavy atom. The number of aliphatic hydroxyl groups is 1. The first-order valence-electron chi connectivity index (χ1n) is 27.5. The van der Waals surface area contributed by atoms with Gasteiger partial charge in [-0.3, -0.25) is 48.1 Å². The normalized spacial score (nSPS) is 19.7. The number of amides is 7. The highest BCUT2D eigenvalue weighted by atomic mass is 16.6. The molecule has 27 heteroatoms. The molecule has 0 bridgehead atoms. The number of rotatable bonds is 21. The fourth-order valence-corrected chi connectivity index (χ4v) is 10.00. The SMILES string of the molecule is CC[C@@]1(O)C(=O)OCc2c1cc1n(c2=O)Cc2c-1nc1ccccc1c2/C=N/OCCNC(=O)CCC(=O)NCc1ccc(C[C@@H]2NC(=O)[C@@H](Cc3ccccc3)NC(=O)[C@H](CC(=O)O)NC(=O)CNC(=O)[C@H](CCCN=C(N)N)NC2=O)cc1. The minimum Gasteiger partial charge on any atom is -0.481 e. The van der Waals surface area contributed by atoms with Crippen LogP contribution in [0.25, 0.3) is 22.3 Å². The molecule has 5 aromatic rings. The maximum atomic E-state index is 14.2. The van der Waals surface area contributed by atoms with Crippen LogP contribution in [-0.2, 0) is 90.9 Å². The first kappa shape index (κ1) is 61.0. The smallest absolute Gasteiger partial charge is 0.343 e. The summed E-state index contributed by atoms with van der Waals surface area (Å²) in [7, 11) is 0. The highest BCUT2D eigenvalue weighted by molar-refractivity contribution is 6.03. The molecule has 8 rings (SSSR count). The molecule has 3 aromatic carbocycles. The zero-order chi connectivity index (χ0) is 60.8. The molecule has 85 heavy (non-hydrogen) atoms. The largest absolute Gasteiger partial charge is 0.481 e. The number of benzene rings is 3. The third-order valence-electron chi connectivity index (χ3n) is 14.5. The summed E-state index contributed by atoms with van der Waals surface area (Å²) in [6, 6.07) is 18.6. The molecule has 3 aliphatic heterocycles. The van der Waals surface area contributed by atoms with Crippen molar-refractivity contribution in [3.8, 4) is 11.4 Å². The highest BCUT2D eigenvalue weighted by Crippen LogP contribution is 2.40. The molecule has 5 atom stereocenters. The number of ether oxygens (including phenoxy) is 1. The van der Waals surface area contributed by atoms with Crippen molar-refractivity contribution in [2.75, 3.05) is 26.2 Å². The maximum Gasteiger partial charge on any atom is 0.343 e. The third-order valence-corrected chi connectivity index (χ3v) is 14.5. The molecular weight excluding hydrogens is 1100 g/mol. The van der Waals surface area contributed by atoms with Gasteiger partial charge in [0.25, 0.3) is 5.56 Å². The summed E-state index contributed by atoms with van der Waals surface area (Å²) in [4.78, 5) is 147. The van der Waals surface area contributed by atoms with Gasteiger partial charge in [0.1, 0.15) is 37.4 Å². The van der Waals surface area contributed by atoms with E-state index in [4.69, 9.17) is 26.0 Å². The summed E-state index contributed by atoms with van der Waals surface area (Å²) in [5.41, 5.74) is 13.6. The number of cyclic esters (lactones) is 1. The monoisotopic (exact) mass is 1170 g/mol. The Morgan fingerprint density at radius 3 is 2.12 bits per heavy atom. The number of oxime groups is 1. The van der Waals surface area contributed by atoms with E-state index in [1.54, 1.807) is 67.6 Å². The number of carbonyl (C=O) groups is 9. The molecule has 3 aliphatic rings. The lowest BCUT2D eigenvalue weighted by Gasteiger charge is -2.31. The van der Waals surface area contributed by atoms with Crippen molar-refractivity contribution in [3.05, 3.63) is 134 Å². The molecule has 0 saturated carbocycles. The van der Waals surface area contributed by atoms with Gasteiger partial charge in [-0.1, -0.05) is 84.9 Å². The lowest BCUT2D eigenvalue weighted by molar-refractivity contribution is -0.172. The second kappa shape index (κ2) is 27.8. The van der Waals surface area contributed by atoms with Crippen LogP contribution in [0.15, 0.2) is 99.9 Å². The molecule has 0 aliphatic carbocycles. The van der Waals surface area contributed by atoms with E-state index in [9.17, 15) is 58.2 Å². The number of nitrogens with zero attached hydrogens (tertiary/aromatic N) is 4. The number of para-hydroxylation sites is 1. The summed E-state index contributed by atoms with van der Waals surface area (Å²) in [6.45, 7) is 1.03. The van der Waals surface area contributed by atoms with E-state index in [-0.39, 0.29) is 101 Å². The van der Waals surface area contributed by atoms with Gasteiger partial charge in [-0.25, -0.2) is 9.78 Å². The number of hydrogen-bond acceptors (Lipinski definition) is 16. The van der Waals surface area contributed by atoms with Crippen LogP contribution in [0.4, 0.5) is 0 Å². The van der Waals surface area contributed by atoms with Gasteiger partial charge in [-0.15, -0.1) is 0 Å². The molecule has 1 saturated heterocycles. The van der Waals surface area contributed by atoms with Crippen molar-refractivity contribution in [2.24, 2.45) is 21.6 Å². The number of fused-ring (bicyclic) bond motifs is 5. The van der Waals surface area contributed by atoms with E-state index in [1.165, 1.54) is 10.8 Å². The molecule has 2 aromatic heterocycles. The van der Waals surface area contributed by atoms with Gasteiger partial charge in [-0.2, -0.15) is 0 Å². The molecule has 7 amide bonds. The van der Waals surface area contributed by atoms with E-state index in [0.29, 0.717) is 44.7 Å². The molecule has 0 unspecified atom stereocenters. The van der Waals surface area contributed by atoms with Crippen LogP contribution in [0.3, 0.4) is 0 Å². The van der Waals surface area contributed by atoms with Gasteiger partial charge in [0, 0.05) is 60.8 Å². The zero-order valence-corrected chi connectivity index (χ0v) is 46.3. The average Bonchev–Trinajstić information content (AvgIpc) is 1.71. The van der Waals surface area contributed by atoms with Crippen LogP contribution in [0.2, 0.25) is 0 Å². The Labute approximate surface area is 485 Å². The summed E-state index contributed by atoms with van der Waals surface area (Å²) < 4.78 is 6.73. The molecular formula is C58H65N13O14. The van der Waals surface area contributed by atoms with Crippen LogP contribution >= 0.6 is 0 Å². The number of carbonyl (C=O) groups excluding carboxylic acids is 8. The van der Waals surface area contributed by atoms with Crippen molar-refractivity contribution in [1.29, 1.82) is 0 Å². The summed E-state index contributed by atoms with van der Waals surface area (Å²) >= 11 is 0. The molecule has 13 N–H and O–H groups in total. The van der Waals surface area contributed by atoms with Gasteiger partial charge in [0.2, 0.25) is 41.4 Å². The predicted molar refractivity (Wildman–Crippen MR) is 305 cm³/mol. The van der Waals surface area contributed by atoms with Crippen molar-refractivity contribution >= 4 is 76.4 Å². The van der Waals surface area contributed by atoms with Gasteiger partial charge in [0.15, 0.2) is 11.6 Å². The lowest BCUT2D eigenvalue weighted by atomic mass is 9.86. The Kier molecular flexibility index (Phi) is 20.0. The van der Waals surface area contributed by atoms with Crippen molar-refractivity contribution in [3.63, 3.8) is 0 Å². The topological polar surface area (TPSA) is 408 Å². The Hall–Kier alpha value is -10.0. The number of aliphatic imine (C=N–C) groups is 1. The first-order valence-corrected chi connectivity index (χ1v) is 27.5. The number of pyridine rings is 2. The number of guanidine groups is 1. The Balaban J connectivity index is 0.857. The standard InChI is InChI=1S/C58H65N13O14/c1-2-58(83)39-25-45-50-37(30-71(45)55(81)38(39)31-84-56(58)82)36(35-11-6-7-12-40(35)67-50)28-65-85-22-21-61-46(72)18-19-47(73)63-27-34-16-14-33(15-17-34)24-43-52(78)68-41(13-8-20-62-57(59)60)51(77)64-29-48(74)66-44(26-49(75)76)54(80)70-42(53(79)69-43)23-32-9-4-3-5-10-32/h3-7,9-12,14-17,25,28,41-44,83H,2,8,13,18-24,26-27,29-31H2,1H3,(H,61,72)(H,63,73)(H,64,77)(H,66,74)(H,68,78)(H,69,79)(H,70,80)(H,75,76)(H4,59,60,62)/b65-28+/t41-,42+,43-,44-,58-/m0/s1. The molecule has 5 heterocycles. The zero-order valence-electron chi connectivity index (χ0n) is 46.3. The summed E-state index contributed by atoms with van der Waals surface area (Å²) in [6.07, 6.45) is 0.351. The summed E-state index contributed by atoms with van der Waals surface area (Å²) in [5, 5.41) is 43.9. The highest BCUT2D eigenvalue weighted by Gasteiger charge is 2.46. The van der Waals surface area contributed by atoms with E-state index in [2.05, 4.69) is 47.4 Å². The van der Waals surface area contributed by atoms with E-state index < -0.39 is 102 Å². The lowest BCUT2D eigenvalue weighted by Crippen LogP contribution is -2.58. The number of aromatic nitrogens is 2. The first-order chi connectivity index (χ1) is 40.8. The Morgan fingerprint density at radius 1 is 0.800 bits per heavy atom. The number of nitrogens with one attached hydrogen (secondary N) is 7. The van der Waals surface area contributed by atoms with Crippen molar-refractivity contribution < 1.29 is 62.9 Å². The molecule has 0 spiro atoms. The number of hydrogen-bond donors (Lipinski definition) is 11. The number of nitrogens with two attached hydrogens (primary N) is 2. The number of aliphatic carboxylic acids is 1. The van der Waals surface area contributed by atoms with E-state index >= 15 is 0 Å². The number of esters is 1. The average molecular weight is 1170 g/mol. The molecule has 1 fully saturated rings. The maximum absolute atomic E-state index is 14.2. The number of carboxylic acid groups (broad SMARTS) is 1. The second-order valence-electron chi connectivity index (χ2n) is 20.4. The van der Waals surface area contributed by atoms with E-state index in [1.807, 2.05) is 24.3 Å². The quantitative estimate of drug-likeness (QED) is 0.0136. The molecule has 0 radical (unpaired) electrons. The van der Waals surface area contributed by atoms with Crippen molar-refractivity contribution in [2.45, 2.75) is 108 Å². The molecule has 446 valence electrons. The second-order valence-corrected chi connectivity index (χ2v) is 20.4. The summed E-state index contributed by atoms with van der Waals surface area (Å²) in [5.74, 6) is -7.59. The minimum atomic E-state index is -1.98. The van der Waals surface area contributed by atoms with Crippen molar-refractivity contribution in [1.82, 2.24) is 46.8 Å². The minimum absolute atomic E-state index is 0.00398. The number of carboxylic acids is 1. The van der Waals surface area contributed by atoms with Crippen LogP contribution in [-0.4, -0.2) is 136 Å². The van der Waals surface area contributed by atoms with Crippen LogP contribution in [0.1, 0.15) is 84.4 Å². The fraction of sp³-hybridized carbons (Fsp3) is 0.362. The van der Waals surface area contributed by atoms with E-state index in [0.717, 1.165) is 5.39 Å². The van der Waals surface area contributed by atoms with Crippen LogP contribution in [0, 0.1) is 0 Å². The molecule has 27 nitrogen and oxygen atoms in total. The van der Waals surface area contributed by atoms with Gasteiger partial charge in [0.05, 0.1) is 54.7 Å². The van der Waals surface area contributed by atoms with Gasteiger partial charge in [-0.05, 0) is 48.1 Å². The predicted octanol–water partition coefficient (Wildman–Crippen LogP) is -0.975. The Bertz CT molecular complexity index is 3510. The fourth-order valence-electron chi connectivity index (χ4n) is 10.00. The van der Waals surface area contributed by atoms with Crippen LogP contribution in [0.5, 0.6) is 0 Å². The van der Waals surface area contributed by atoms with Gasteiger partial charge >= 0.3 is 11.9 Å². The third kappa shape index (κ3) is 15.3. The van der Waals surface area contributed by atoms with Gasteiger partial charge < -0.3 is 73.0 Å².